The zero-order valence-electron chi connectivity index (χ0n) is 15.5. The largest absolute Gasteiger partial charge is 0.466 e. The molecule has 0 saturated heterocycles. The van der Waals surface area contributed by atoms with E-state index in [-0.39, 0.29) is 42.2 Å². The van der Waals surface area contributed by atoms with Crippen LogP contribution in [0.4, 0.5) is 13.2 Å². The molecule has 0 bridgehead atoms. The summed E-state index contributed by atoms with van der Waals surface area (Å²) in [5.74, 6) is -4.64. The van der Waals surface area contributed by atoms with Crippen LogP contribution in [-0.4, -0.2) is 22.4 Å². The number of esters is 1. The highest BCUT2D eigenvalue weighted by Crippen LogP contribution is 2.16. The standard InChI is InChI=1S/C21H17F3N2O3/c1-2-29-20(28)10-14-5-3-4-13(8-14)9-18-19(27)6-7-26(25-18)15-11-16(22)21(24)17(23)12-15/h3-8,11-12H,2,9-10H2,1H3. The van der Waals surface area contributed by atoms with E-state index in [0.717, 1.165) is 27.9 Å². The molecule has 0 fully saturated rings. The van der Waals surface area contributed by atoms with Gasteiger partial charge in [-0.25, -0.2) is 17.9 Å². The van der Waals surface area contributed by atoms with Crippen molar-refractivity contribution in [3.63, 3.8) is 0 Å². The first-order chi connectivity index (χ1) is 13.9. The van der Waals surface area contributed by atoms with E-state index >= 15 is 0 Å². The fourth-order valence-corrected chi connectivity index (χ4v) is 2.81. The first-order valence-corrected chi connectivity index (χ1v) is 8.84. The van der Waals surface area contributed by atoms with Gasteiger partial charge in [0.15, 0.2) is 17.5 Å². The Bertz CT molecular complexity index is 1090. The topological polar surface area (TPSA) is 61.2 Å². The highest BCUT2D eigenvalue weighted by Gasteiger charge is 2.13. The van der Waals surface area contributed by atoms with E-state index in [1.165, 1.54) is 12.3 Å². The number of aromatic nitrogens is 2. The van der Waals surface area contributed by atoms with Gasteiger partial charge in [0.2, 0.25) is 5.43 Å². The van der Waals surface area contributed by atoms with Crippen LogP contribution in [0.1, 0.15) is 23.7 Å². The van der Waals surface area contributed by atoms with Crippen molar-refractivity contribution in [2.75, 3.05) is 6.61 Å². The van der Waals surface area contributed by atoms with Crippen molar-refractivity contribution in [1.29, 1.82) is 0 Å². The predicted octanol–water partition coefficient (Wildman–Crippen LogP) is 3.35. The Kier molecular flexibility index (Phi) is 6.11. The zero-order valence-corrected chi connectivity index (χ0v) is 15.5. The molecule has 0 amide bonds. The second-order valence-corrected chi connectivity index (χ2v) is 6.27. The van der Waals surface area contributed by atoms with Gasteiger partial charge in [-0.2, -0.15) is 5.10 Å². The fraction of sp³-hybridized carbons (Fsp3) is 0.190. The lowest BCUT2D eigenvalue weighted by Crippen LogP contribution is -2.17. The number of carbonyl (C=O) groups excluding carboxylic acids is 1. The SMILES string of the molecule is CCOC(=O)Cc1cccc(Cc2nn(-c3cc(F)c(F)c(F)c3)ccc2=O)c1. The van der Waals surface area contributed by atoms with Crippen molar-refractivity contribution in [1.82, 2.24) is 9.78 Å². The quantitative estimate of drug-likeness (QED) is 0.469. The molecule has 1 aromatic heterocycles. The lowest BCUT2D eigenvalue weighted by Gasteiger charge is -2.09. The van der Waals surface area contributed by atoms with Crippen LogP contribution < -0.4 is 5.43 Å². The highest BCUT2D eigenvalue weighted by atomic mass is 19.2. The summed E-state index contributed by atoms with van der Waals surface area (Å²) >= 11 is 0. The van der Waals surface area contributed by atoms with Gasteiger partial charge in [0, 0.05) is 30.8 Å². The number of nitrogens with zero attached hydrogens (tertiary/aromatic N) is 2. The third-order valence-corrected chi connectivity index (χ3v) is 4.13. The highest BCUT2D eigenvalue weighted by molar-refractivity contribution is 5.72. The maximum absolute atomic E-state index is 13.5. The number of carbonyl (C=O) groups is 1. The van der Waals surface area contributed by atoms with Gasteiger partial charge >= 0.3 is 5.97 Å². The summed E-state index contributed by atoms with van der Waals surface area (Å²) in [6.07, 6.45) is 1.49. The lowest BCUT2D eigenvalue weighted by atomic mass is 10.0. The number of hydrogen-bond donors (Lipinski definition) is 0. The smallest absolute Gasteiger partial charge is 0.310 e. The van der Waals surface area contributed by atoms with Crippen LogP contribution >= 0.6 is 0 Å². The minimum atomic E-state index is -1.58. The molecular weight excluding hydrogens is 385 g/mol. The van der Waals surface area contributed by atoms with E-state index in [1.807, 2.05) is 0 Å². The van der Waals surface area contributed by atoms with Crippen molar-refractivity contribution < 1.29 is 22.7 Å². The maximum atomic E-state index is 13.5. The summed E-state index contributed by atoms with van der Waals surface area (Å²) in [4.78, 5) is 23.8. The Morgan fingerprint density at radius 1 is 1.07 bits per heavy atom. The van der Waals surface area contributed by atoms with E-state index < -0.39 is 17.5 Å². The van der Waals surface area contributed by atoms with Gasteiger partial charge in [0.25, 0.3) is 0 Å². The minimum Gasteiger partial charge on any atom is -0.466 e. The van der Waals surface area contributed by atoms with Crippen LogP contribution in [-0.2, 0) is 22.4 Å². The molecule has 0 aliphatic carbocycles. The maximum Gasteiger partial charge on any atom is 0.310 e. The third-order valence-electron chi connectivity index (χ3n) is 4.13. The Balaban J connectivity index is 1.88. The van der Waals surface area contributed by atoms with Gasteiger partial charge in [0.05, 0.1) is 18.7 Å². The molecule has 1 heterocycles. The van der Waals surface area contributed by atoms with Gasteiger partial charge < -0.3 is 4.74 Å². The number of benzene rings is 2. The normalized spacial score (nSPS) is 10.8. The molecule has 3 rings (SSSR count). The molecule has 0 radical (unpaired) electrons. The van der Waals surface area contributed by atoms with Crippen molar-refractivity contribution in [3.8, 4) is 5.69 Å². The second kappa shape index (κ2) is 8.72. The number of halogens is 3. The molecular formula is C21H17F3N2O3. The van der Waals surface area contributed by atoms with Crippen LogP contribution in [0.25, 0.3) is 5.69 Å². The summed E-state index contributed by atoms with van der Waals surface area (Å²) in [5.41, 5.74) is 1.16. The molecule has 0 saturated carbocycles. The zero-order chi connectivity index (χ0) is 21.0. The molecule has 0 aliphatic heterocycles. The van der Waals surface area contributed by atoms with Crippen LogP contribution in [0.5, 0.6) is 0 Å². The summed E-state index contributed by atoms with van der Waals surface area (Å²) in [6, 6.07) is 9.83. The molecule has 0 aliphatic rings. The number of ether oxygens (including phenoxy) is 1. The molecule has 2 aromatic carbocycles. The first kappa shape index (κ1) is 20.3. The van der Waals surface area contributed by atoms with Crippen LogP contribution in [0.3, 0.4) is 0 Å². The van der Waals surface area contributed by atoms with Crippen LogP contribution in [0, 0.1) is 17.5 Å². The summed E-state index contributed by atoms with van der Waals surface area (Å²) in [7, 11) is 0. The Hall–Kier alpha value is -3.42. The molecule has 3 aromatic rings. The Morgan fingerprint density at radius 3 is 2.45 bits per heavy atom. The monoisotopic (exact) mass is 402 g/mol. The van der Waals surface area contributed by atoms with Crippen molar-refractivity contribution >= 4 is 5.97 Å². The molecule has 0 atom stereocenters. The van der Waals surface area contributed by atoms with Gasteiger partial charge in [-0.1, -0.05) is 24.3 Å². The fourth-order valence-electron chi connectivity index (χ4n) is 2.81. The molecule has 8 heteroatoms. The van der Waals surface area contributed by atoms with E-state index in [0.29, 0.717) is 0 Å². The molecule has 0 unspecified atom stereocenters. The summed E-state index contributed by atoms with van der Waals surface area (Å²) in [5, 5.41) is 4.13. The average molecular weight is 402 g/mol. The van der Waals surface area contributed by atoms with Gasteiger partial charge in [-0.05, 0) is 18.1 Å². The second-order valence-electron chi connectivity index (χ2n) is 6.27. The van der Waals surface area contributed by atoms with Crippen molar-refractivity contribution in [3.05, 3.63) is 93.2 Å². The van der Waals surface area contributed by atoms with Crippen LogP contribution in [0.15, 0.2) is 53.5 Å². The predicted molar refractivity (Wildman–Crippen MR) is 99.3 cm³/mol. The van der Waals surface area contributed by atoms with Gasteiger partial charge in [-0.3, -0.25) is 9.59 Å². The Morgan fingerprint density at radius 2 is 1.76 bits per heavy atom. The van der Waals surface area contributed by atoms with Crippen molar-refractivity contribution in [2.24, 2.45) is 0 Å². The molecule has 0 N–H and O–H groups in total. The molecule has 29 heavy (non-hydrogen) atoms. The Labute approximate surface area is 164 Å². The van der Waals surface area contributed by atoms with Gasteiger partial charge in [0.1, 0.15) is 5.69 Å². The van der Waals surface area contributed by atoms with Gasteiger partial charge in [-0.15, -0.1) is 0 Å². The lowest BCUT2D eigenvalue weighted by molar-refractivity contribution is -0.142. The minimum absolute atomic E-state index is 0.0567. The third kappa shape index (κ3) is 4.90. The van der Waals surface area contributed by atoms with Crippen molar-refractivity contribution in [2.45, 2.75) is 19.8 Å². The molecule has 150 valence electrons. The van der Waals surface area contributed by atoms with E-state index in [1.54, 1.807) is 31.2 Å². The number of rotatable bonds is 6. The molecule has 5 nitrogen and oxygen atoms in total. The van der Waals surface area contributed by atoms with E-state index in [9.17, 15) is 22.8 Å². The summed E-state index contributed by atoms with van der Waals surface area (Å²) in [6.45, 7) is 2.01. The average Bonchev–Trinajstić information content (AvgIpc) is 2.68. The van der Waals surface area contributed by atoms with E-state index in [4.69, 9.17) is 4.74 Å². The van der Waals surface area contributed by atoms with Crippen LogP contribution in [0.2, 0.25) is 0 Å². The number of hydrogen-bond acceptors (Lipinski definition) is 4. The van der Waals surface area contributed by atoms with E-state index in [2.05, 4.69) is 5.10 Å². The first-order valence-electron chi connectivity index (χ1n) is 8.84. The molecule has 0 spiro atoms. The summed E-state index contributed by atoms with van der Waals surface area (Å²) < 4.78 is 46.2.